The minimum atomic E-state index is -0.881. The van der Waals surface area contributed by atoms with E-state index in [0.29, 0.717) is 33.8 Å². The van der Waals surface area contributed by atoms with Crippen molar-refractivity contribution in [1.82, 2.24) is 14.5 Å². The third-order valence-electron chi connectivity index (χ3n) is 4.23. The predicted octanol–water partition coefficient (Wildman–Crippen LogP) is 2.16. The zero-order chi connectivity index (χ0) is 15.9. The molecule has 7 heteroatoms. The van der Waals surface area contributed by atoms with Crippen LogP contribution in [0.4, 0.5) is 0 Å². The number of rotatable bonds is 2. The SMILES string of the molecule is CN1CCC(O)(Cn2cnc3c(Cl)cc(Cl)cc3c2=O)CC1. The summed E-state index contributed by atoms with van der Waals surface area (Å²) in [6, 6.07) is 3.13. The summed E-state index contributed by atoms with van der Waals surface area (Å²) in [5, 5.41) is 11.8. The Labute approximate surface area is 138 Å². The lowest BCUT2D eigenvalue weighted by Gasteiger charge is -2.36. The van der Waals surface area contributed by atoms with E-state index in [1.165, 1.54) is 10.9 Å². The maximum Gasteiger partial charge on any atom is 0.261 e. The summed E-state index contributed by atoms with van der Waals surface area (Å²) in [5.74, 6) is 0. The first-order chi connectivity index (χ1) is 10.4. The van der Waals surface area contributed by atoms with Crippen LogP contribution in [-0.4, -0.2) is 45.3 Å². The minimum Gasteiger partial charge on any atom is -0.388 e. The Hall–Kier alpha value is -1.14. The second-order valence-electron chi connectivity index (χ2n) is 5.99. The van der Waals surface area contributed by atoms with Crippen LogP contribution >= 0.6 is 23.2 Å². The van der Waals surface area contributed by atoms with E-state index in [0.717, 1.165) is 13.1 Å². The molecule has 0 amide bonds. The van der Waals surface area contributed by atoms with Gasteiger partial charge in [0.25, 0.3) is 5.56 Å². The van der Waals surface area contributed by atoms with E-state index in [1.807, 2.05) is 7.05 Å². The molecule has 1 aromatic carbocycles. The molecular formula is C15H17Cl2N3O2. The second kappa shape index (κ2) is 5.81. The number of nitrogens with zero attached hydrogens (tertiary/aromatic N) is 3. The Morgan fingerprint density at radius 1 is 1.32 bits per heavy atom. The molecule has 2 aromatic rings. The molecule has 1 aliphatic rings. The van der Waals surface area contributed by atoms with Gasteiger partial charge in [0.2, 0.25) is 0 Å². The Balaban J connectivity index is 1.98. The first-order valence-corrected chi connectivity index (χ1v) is 7.89. The number of halogens is 2. The van der Waals surface area contributed by atoms with Gasteiger partial charge in [0.15, 0.2) is 0 Å². The van der Waals surface area contributed by atoms with Crippen LogP contribution in [0.25, 0.3) is 10.9 Å². The summed E-state index contributed by atoms with van der Waals surface area (Å²) in [5.41, 5.74) is -0.682. The average molecular weight is 342 g/mol. The van der Waals surface area contributed by atoms with Crippen LogP contribution < -0.4 is 5.56 Å². The molecule has 1 N–H and O–H groups in total. The highest BCUT2D eigenvalue weighted by molar-refractivity contribution is 6.38. The molecule has 0 atom stereocenters. The fourth-order valence-electron chi connectivity index (χ4n) is 2.82. The van der Waals surface area contributed by atoms with Gasteiger partial charge in [-0.25, -0.2) is 4.98 Å². The van der Waals surface area contributed by atoms with Crippen molar-refractivity contribution in [3.63, 3.8) is 0 Å². The van der Waals surface area contributed by atoms with Gasteiger partial charge >= 0.3 is 0 Å². The fraction of sp³-hybridized carbons (Fsp3) is 0.467. The minimum absolute atomic E-state index is 0.229. The highest BCUT2D eigenvalue weighted by atomic mass is 35.5. The standard InChI is InChI=1S/C15H17Cl2N3O2/c1-19-4-2-15(22,3-5-19)8-20-9-18-13-11(14(20)21)6-10(16)7-12(13)17/h6-7,9,22H,2-5,8H2,1H3. The van der Waals surface area contributed by atoms with Gasteiger partial charge < -0.3 is 10.0 Å². The molecule has 0 spiro atoms. The van der Waals surface area contributed by atoms with Crippen LogP contribution in [0.3, 0.4) is 0 Å². The van der Waals surface area contributed by atoms with Gasteiger partial charge in [-0.1, -0.05) is 23.2 Å². The fourth-order valence-corrected chi connectivity index (χ4v) is 3.36. The third-order valence-corrected chi connectivity index (χ3v) is 4.73. The molecule has 3 rings (SSSR count). The second-order valence-corrected chi connectivity index (χ2v) is 6.83. The highest BCUT2D eigenvalue weighted by Crippen LogP contribution is 2.25. The summed E-state index contributed by atoms with van der Waals surface area (Å²) in [7, 11) is 2.02. The Morgan fingerprint density at radius 3 is 2.68 bits per heavy atom. The zero-order valence-electron chi connectivity index (χ0n) is 12.2. The van der Waals surface area contributed by atoms with E-state index in [1.54, 1.807) is 12.1 Å². The van der Waals surface area contributed by atoms with Gasteiger partial charge in [0.05, 0.1) is 34.4 Å². The summed E-state index contributed by atoms with van der Waals surface area (Å²) >= 11 is 12.0. The van der Waals surface area contributed by atoms with Crippen molar-refractivity contribution in [2.75, 3.05) is 20.1 Å². The molecule has 0 unspecified atom stereocenters. The van der Waals surface area contributed by atoms with Crippen molar-refractivity contribution in [2.24, 2.45) is 0 Å². The van der Waals surface area contributed by atoms with E-state index in [-0.39, 0.29) is 12.1 Å². The molecule has 0 aliphatic carbocycles. The molecule has 5 nitrogen and oxygen atoms in total. The van der Waals surface area contributed by atoms with Gasteiger partial charge in [-0.3, -0.25) is 9.36 Å². The number of hydrogen-bond acceptors (Lipinski definition) is 4. The van der Waals surface area contributed by atoms with Crippen molar-refractivity contribution < 1.29 is 5.11 Å². The number of aromatic nitrogens is 2. The van der Waals surface area contributed by atoms with E-state index in [4.69, 9.17) is 23.2 Å². The number of aliphatic hydroxyl groups is 1. The average Bonchev–Trinajstić information content (AvgIpc) is 2.46. The molecule has 0 bridgehead atoms. The van der Waals surface area contributed by atoms with Gasteiger partial charge in [0.1, 0.15) is 0 Å². The lowest BCUT2D eigenvalue weighted by molar-refractivity contribution is -0.0298. The van der Waals surface area contributed by atoms with Gasteiger partial charge in [0, 0.05) is 18.1 Å². The molecule has 0 radical (unpaired) electrons. The van der Waals surface area contributed by atoms with Crippen molar-refractivity contribution in [2.45, 2.75) is 25.0 Å². The van der Waals surface area contributed by atoms with Crippen LogP contribution in [0.2, 0.25) is 10.0 Å². The van der Waals surface area contributed by atoms with Crippen molar-refractivity contribution in [3.05, 3.63) is 38.9 Å². The molecule has 1 saturated heterocycles. The lowest BCUT2D eigenvalue weighted by atomic mass is 9.91. The van der Waals surface area contributed by atoms with Crippen LogP contribution in [0.1, 0.15) is 12.8 Å². The van der Waals surface area contributed by atoms with Crippen molar-refractivity contribution >= 4 is 34.1 Å². The van der Waals surface area contributed by atoms with E-state index in [9.17, 15) is 9.90 Å². The molecule has 2 heterocycles. The molecule has 0 saturated carbocycles. The number of hydrogen-bond donors (Lipinski definition) is 1. The normalized spacial score (nSPS) is 18.7. The molecular weight excluding hydrogens is 325 g/mol. The Bertz CT molecular complexity index is 767. The highest BCUT2D eigenvalue weighted by Gasteiger charge is 2.32. The maximum atomic E-state index is 12.6. The summed E-state index contributed by atoms with van der Waals surface area (Å²) in [4.78, 5) is 19.0. The first kappa shape index (κ1) is 15.7. The van der Waals surface area contributed by atoms with Gasteiger partial charge in [-0.2, -0.15) is 0 Å². The quantitative estimate of drug-likeness (QED) is 0.909. The number of piperidine rings is 1. The summed E-state index contributed by atoms with van der Waals surface area (Å²) < 4.78 is 1.44. The molecule has 118 valence electrons. The summed E-state index contributed by atoms with van der Waals surface area (Å²) in [6.07, 6.45) is 2.70. The van der Waals surface area contributed by atoms with Gasteiger partial charge in [-0.05, 0) is 32.0 Å². The van der Waals surface area contributed by atoms with E-state index >= 15 is 0 Å². The Morgan fingerprint density at radius 2 is 2.00 bits per heavy atom. The lowest BCUT2D eigenvalue weighted by Crippen LogP contribution is -2.47. The van der Waals surface area contributed by atoms with Crippen molar-refractivity contribution in [1.29, 1.82) is 0 Å². The monoisotopic (exact) mass is 341 g/mol. The number of fused-ring (bicyclic) bond motifs is 1. The molecule has 1 fully saturated rings. The third kappa shape index (κ3) is 2.99. The Kier molecular flexibility index (Phi) is 4.16. The van der Waals surface area contributed by atoms with Crippen LogP contribution in [0, 0.1) is 0 Å². The van der Waals surface area contributed by atoms with Crippen LogP contribution in [0.15, 0.2) is 23.3 Å². The molecule has 22 heavy (non-hydrogen) atoms. The first-order valence-electron chi connectivity index (χ1n) is 7.13. The zero-order valence-corrected chi connectivity index (χ0v) is 13.7. The van der Waals surface area contributed by atoms with Crippen LogP contribution in [0.5, 0.6) is 0 Å². The smallest absolute Gasteiger partial charge is 0.261 e. The van der Waals surface area contributed by atoms with Crippen LogP contribution in [-0.2, 0) is 6.54 Å². The largest absolute Gasteiger partial charge is 0.388 e. The molecule has 1 aromatic heterocycles. The van der Waals surface area contributed by atoms with Gasteiger partial charge in [-0.15, -0.1) is 0 Å². The van der Waals surface area contributed by atoms with E-state index < -0.39 is 5.60 Å². The number of likely N-dealkylation sites (tertiary alicyclic amines) is 1. The van der Waals surface area contributed by atoms with E-state index in [2.05, 4.69) is 9.88 Å². The number of benzene rings is 1. The topological polar surface area (TPSA) is 58.4 Å². The molecule has 1 aliphatic heterocycles. The maximum absolute atomic E-state index is 12.6. The summed E-state index contributed by atoms with van der Waals surface area (Å²) in [6.45, 7) is 1.85. The van der Waals surface area contributed by atoms with Crippen molar-refractivity contribution in [3.8, 4) is 0 Å². The predicted molar refractivity (Wildman–Crippen MR) is 87.7 cm³/mol.